The summed E-state index contributed by atoms with van der Waals surface area (Å²) in [4.78, 5) is 7.02. The van der Waals surface area contributed by atoms with E-state index in [1.165, 1.54) is 16.3 Å². The minimum absolute atomic E-state index is 0.744. The van der Waals surface area contributed by atoms with E-state index in [4.69, 9.17) is 16.6 Å². The van der Waals surface area contributed by atoms with Crippen molar-refractivity contribution in [1.29, 1.82) is 0 Å². The maximum atomic E-state index is 6.69. The smallest absolute Gasteiger partial charge is 0.140 e. The molecule has 4 aromatic rings. The zero-order valence-electron chi connectivity index (χ0n) is 15.1. The van der Waals surface area contributed by atoms with Crippen molar-refractivity contribution in [1.82, 2.24) is 14.8 Å². The predicted molar refractivity (Wildman–Crippen MR) is 111 cm³/mol. The Hall–Kier alpha value is -2.85. The van der Waals surface area contributed by atoms with Crippen molar-refractivity contribution in [2.24, 2.45) is 7.05 Å². The molecule has 3 heterocycles. The summed E-state index contributed by atoms with van der Waals surface area (Å²) in [6.45, 7) is 0.941. The Bertz CT molecular complexity index is 1140. The first kappa shape index (κ1) is 16.3. The molecule has 1 aliphatic rings. The normalized spacial score (nSPS) is 13.8. The van der Waals surface area contributed by atoms with Crippen LogP contribution in [-0.4, -0.2) is 21.3 Å². The van der Waals surface area contributed by atoms with Gasteiger partial charge in [0, 0.05) is 48.2 Å². The van der Waals surface area contributed by atoms with Crippen LogP contribution in [0, 0.1) is 0 Å². The number of nitrogens with zero attached hydrogens (tertiary/aromatic N) is 4. The Morgan fingerprint density at radius 3 is 2.85 bits per heavy atom. The number of benzene rings is 2. The number of aryl methyl sites for hydroxylation is 2. The maximum absolute atomic E-state index is 6.69. The monoisotopic (exact) mass is 374 g/mol. The first-order valence-corrected chi connectivity index (χ1v) is 9.51. The van der Waals surface area contributed by atoms with E-state index in [1.807, 2.05) is 25.6 Å². The van der Waals surface area contributed by atoms with Crippen LogP contribution in [0.5, 0.6) is 0 Å². The highest BCUT2D eigenvalue weighted by molar-refractivity contribution is 6.33. The van der Waals surface area contributed by atoms with Gasteiger partial charge in [-0.25, -0.2) is 4.98 Å². The average Bonchev–Trinajstić information content (AvgIpc) is 3.13. The largest absolute Gasteiger partial charge is 0.326 e. The highest BCUT2D eigenvalue weighted by Crippen LogP contribution is 2.41. The van der Waals surface area contributed by atoms with E-state index in [0.717, 1.165) is 47.0 Å². The molecule has 0 amide bonds. The topological polar surface area (TPSA) is 34.0 Å². The second-order valence-electron chi connectivity index (χ2n) is 6.97. The SMILES string of the molecule is Cn1cc(-c2cc3c(cc2Cl)N(c2nccc4ccccc24)CCC3)cn1. The second kappa shape index (κ2) is 6.39. The number of anilines is 2. The molecular weight excluding hydrogens is 356 g/mol. The molecule has 1 aliphatic heterocycles. The van der Waals surface area contributed by atoms with Gasteiger partial charge < -0.3 is 4.90 Å². The van der Waals surface area contributed by atoms with Crippen LogP contribution in [0.4, 0.5) is 11.5 Å². The summed E-state index contributed by atoms with van der Waals surface area (Å²) < 4.78 is 1.80. The number of fused-ring (bicyclic) bond motifs is 2. The zero-order chi connectivity index (χ0) is 18.4. The summed E-state index contributed by atoms with van der Waals surface area (Å²) in [6.07, 6.45) is 7.88. The minimum Gasteiger partial charge on any atom is -0.326 e. The van der Waals surface area contributed by atoms with Gasteiger partial charge in [0.25, 0.3) is 0 Å². The first-order chi connectivity index (χ1) is 13.2. The van der Waals surface area contributed by atoms with Crippen LogP contribution in [0.1, 0.15) is 12.0 Å². The summed E-state index contributed by atoms with van der Waals surface area (Å²) >= 11 is 6.69. The van der Waals surface area contributed by atoms with Crippen LogP contribution in [-0.2, 0) is 13.5 Å². The predicted octanol–water partition coefficient (Wildman–Crippen LogP) is 5.37. The van der Waals surface area contributed by atoms with Gasteiger partial charge in [-0.05, 0) is 42.0 Å². The molecule has 4 nitrogen and oxygen atoms in total. The van der Waals surface area contributed by atoms with Crippen LogP contribution >= 0.6 is 11.6 Å². The van der Waals surface area contributed by atoms with Crippen molar-refractivity contribution in [3.63, 3.8) is 0 Å². The van der Waals surface area contributed by atoms with Gasteiger partial charge in [-0.2, -0.15) is 5.10 Å². The van der Waals surface area contributed by atoms with Crippen LogP contribution in [0.15, 0.2) is 61.1 Å². The lowest BCUT2D eigenvalue weighted by atomic mass is 9.96. The highest BCUT2D eigenvalue weighted by atomic mass is 35.5. The van der Waals surface area contributed by atoms with Crippen LogP contribution in [0.2, 0.25) is 5.02 Å². The van der Waals surface area contributed by atoms with Gasteiger partial charge in [0.2, 0.25) is 0 Å². The molecule has 2 aromatic carbocycles. The fourth-order valence-corrected chi connectivity index (χ4v) is 4.19. The molecule has 5 rings (SSSR count). The molecule has 0 fully saturated rings. The molecule has 0 N–H and O–H groups in total. The number of rotatable bonds is 2. The van der Waals surface area contributed by atoms with Gasteiger partial charge in [-0.3, -0.25) is 4.68 Å². The minimum atomic E-state index is 0.744. The standard InChI is InChI=1S/C22H19ClN4/c1-26-14-17(13-25-26)19-11-16-6-4-10-27(21(16)12-20(19)23)22-18-7-3-2-5-15(18)8-9-24-22/h2-3,5,7-9,11-14H,4,6,10H2,1H3. The average molecular weight is 375 g/mol. The van der Waals surface area contributed by atoms with E-state index in [9.17, 15) is 0 Å². The zero-order valence-corrected chi connectivity index (χ0v) is 15.8. The molecular formula is C22H19ClN4. The van der Waals surface area contributed by atoms with Crippen molar-refractivity contribution < 1.29 is 0 Å². The summed E-state index contributed by atoms with van der Waals surface area (Å²) in [6, 6.07) is 14.8. The lowest BCUT2D eigenvalue weighted by molar-refractivity contribution is 0.762. The van der Waals surface area contributed by atoms with E-state index in [1.54, 1.807) is 4.68 Å². The molecule has 134 valence electrons. The summed E-state index contributed by atoms with van der Waals surface area (Å²) in [5, 5.41) is 7.39. The van der Waals surface area contributed by atoms with Crippen molar-refractivity contribution in [3.8, 4) is 11.1 Å². The lowest BCUT2D eigenvalue weighted by Crippen LogP contribution is -2.25. The molecule has 0 aliphatic carbocycles. The molecule has 0 saturated carbocycles. The molecule has 0 saturated heterocycles. The van der Waals surface area contributed by atoms with Crippen molar-refractivity contribution in [2.75, 3.05) is 11.4 Å². The van der Waals surface area contributed by atoms with E-state index in [0.29, 0.717) is 0 Å². The fourth-order valence-electron chi connectivity index (χ4n) is 3.93. The Labute approximate surface area is 163 Å². The Morgan fingerprint density at radius 1 is 1.11 bits per heavy atom. The molecule has 0 unspecified atom stereocenters. The van der Waals surface area contributed by atoms with Crippen molar-refractivity contribution in [3.05, 3.63) is 71.6 Å². The van der Waals surface area contributed by atoms with Gasteiger partial charge in [-0.15, -0.1) is 0 Å². The summed E-state index contributed by atoms with van der Waals surface area (Å²) in [5.74, 6) is 0.999. The molecule has 27 heavy (non-hydrogen) atoms. The highest BCUT2D eigenvalue weighted by Gasteiger charge is 2.23. The third-order valence-electron chi connectivity index (χ3n) is 5.21. The molecule has 0 atom stereocenters. The van der Waals surface area contributed by atoms with Gasteiger partial charge in [0.1, 0.15) is 5.82 Å². The Morgan fingerprint density at radius 2 is 2.00 bits per heavy atom. The Kier molecular flexibility index (Phi) is 3.87. The quantitative estimate of drug-likeness (QED) is 0.472. The lowest BCUT2D eigenvalue weighted by Gasteiger charge is -2.32. The van der Waals surface area contributed by atoms with E-state index >= 15 is 0 Å². The summed E-state index contributed by atoms with van der Waals surface area (Å²) in [7, 11) is 1.92. The van der Waals surface area contributed by atoms with Crippen LogP contribution in [0.3, 0.4) is 0 Å². The number of hydrogen-bond donors (Lipinski definition) is 0. The van der Waals surface area contributed by atoms with E-state index in [-0.39, 0.29) is 0 Å². The second-order valence-corrected chi connectivity index (χ2v) is 7.38. The summed E-state index contributed by atoms with van der Waals surface area (Å²) in [5.41, 5.74) is 4.55. The van der Waals surface area contributed by atoms with Gasteiger partial charge in [-0.1, -0.05) is 35.9 Å². The van der Waals surface area contributed by atoms with Crippen molar-refractivity contribution in [2.45, 2.75) is 12.8 Å². The van der Waals surface area contributed by atoms with Crippen LogP contribution in [0.25, 0.3) is 21.9 Å². The molecule has 5 heteroatoms. The van der Waals surface area contributed by atoms with Gasteiger partial charge in [0.05, 0.1) is 11.2 Å². The number of aromatic nitrogens is 3. The number of pyridine rings is 1. The molecule has 0 radical (unpaired) electrons. The van der Waals surface area contributed by atoms with Gasteiger partial charge in [0.15, 0.2) is 0 Å². The van der Waals surface area contributed by atoms with Crippen molar-refractivity contribution >= 4 is 33.9 Å². The maximum Gasteiger partial charge on any atom is 0.140 e. The Balaban J connectivity index is 1.66. The molecule has 2 aromatic heterocycles. The number of hydrogen-bond acceptors (Lipinski definition) is 3. The first-order valence-electron chi connectivity index (χ1n) is 9.13. The third-order valence-corrected chi connectivity index (χ3v) is 5.52. The fraction of sp³-hybridized carbons (Fsp3) is 0.182. The number of halogens is 1. The van der Waals surface area contributed by atoms with Gasteiger partial charge >= 0.3 is 0 Å². The third kappa shape index (κ3) is 2.77. The van der Waals surface area contributed by atoms with E-state index < -0.39 is 0 Å². The molecule has 0 bridgehead atoms. The molecule has 0 spiro atoms. The van der Waals surface area contributed by atoms with E-state index in [2.05, 4.69) is 52.5 Å². The van der Waals surface area contributed by atoms with Crippen LogP contribution < -0.4 is 4.90 Å².